The molecule has 0 spiro atoms. The highest BCUT2D eigenvalue weighted by molar-refractivity contribution is 6.14. The van der Waals surface area contributed by atoms with Crippen LogP contribution in [-0.4, -0.2) is 28.3 Å². The van der Waals surface area contributed by atoms with E-state index in [1.807, 2.05) is 78.9 Å². The minimum atomic E-state index is -0.431. The van der Waals surface area contributed by atoms with E-state index in [1.54, 1.807) is 6.20 Å². The number of para-hydroxylation sites is 2. The number of nitrogens with one attached hydrogen (secondary N) is 2. The van der Waals surface area contributed by atoms with Crippen molar-refractivity contribution in [3.05, 3.63) is 96.2 Å². The fourth-order valence-corrected chi connectivity index (χ4v) is 3.96. The highest BCUT2D eigenvalue weighted by Gasteiger charge is 2.21. The zero-order valence-electron chi connectivity index (χ0n) is 16.7. The summed E-state index contributed by atoms with van der Waals surface area (Å²) in [6.07, 6.45) is 1.91. The van der Waals surface area contributed by atoms with Gasteiger partial charge in [-0.15, -0.1) is 0 Å². The second-order valence-corrected chi connectivity index (χ2v) is 7.41. The summed E-state index contributed by atoms with van der Waals surface area (Å²) in [6.45, 7) is -0.303. The smallest absolute Gasteiger partial charge is 0.310 e. The van der Waals surface area contributed by atoms with Gasteiger partial charge in [-0.3, -0.25) is 9.59 Å². The fraction of sp³-hybridized carbons (Fsp3) is 0.0769. The summed E-state index contributed by atoms with van der Waals surface area (Å²) in [6, 6.07) is 25.1. The lowest BCUT2D eigenvalue weighted by Crippen LogP contribution is -2.16. The molecule has 0 saturated carbocycles. The van der Waals surface area contributed by atoms with Crippen molar-refractivity contribution in [1.82, 2.24) is 9.97 Å². The topological polar surface area (TPSA) is 75.0 Å². The maximum Gasteiger partial charge on any atom is 0.310 e. The Morgan fingerprint density at radius 3 is 2.26 bits per heavy atom. The summed E-state index contributed by atoms with van der Waals surface area (Å²) in [4.78, 5) is 32.1. The summed E-state index contributed by atoms with van der Waals surface area (Å²) in [5.41, 5.74) is 4.88. The zero-order chi connectivity index (χ0) is 21.2. The number of H-pyrrole nitrogens is 2. The van der Waals surface area contributed by atoms with Crippen molar-refractivity contribution in [2.75, 3.05) is 6.61 Å². The third-order valence-electron chi connectivity index (χ3n) is 5.42. The van der Waals surface area contributed by atoms with Crippen LogP contribution in [0.5, 0.6) is 0 Å². The monoisotopic (exact) mass is 408 g/mol. The van der Waals surface area contributed by atoms with Gasteiger partial charge in [0.15, 0.2) is 6.61 Å². The predicted molar refractivity (Wildman–Crippen MR) is 121 cm³/mol. The second-order valence-electron chi connectivity index (χ2n) is 7.41. The van der Waals surface area contributed by atoms with E-state index in [9.17, 15) is 9.59 Å². The third-order valence-corrected chi connectivity index (χ3v) is 5.42. The van der Waals surface area contributed by atoms with Crippen LogP contribution in [0.3, 0.4) is 0 Å². The quantitative estimate of drug-likeness (QED) is 0.296. The van der Waals surface area contributed by atoms with Crippen LogP contribution in [0.4, 0.5) is 0 Å². The van der Waals surface area contributed by atoms with Gasteiger partial charge in [0.25, 0.3) is 0 Å². The maximum atomic E-state index is 13.1. The van der Waals surface area contributed by atoms with Crippen LogP contribution in [-0.2, 0) is 16.0 Å². The number of rotatable bonds is 6. The number of hydrogen-bond acceptors (Lipinski definition) is 3. The van der Waals surface area contributed by atoms with Gasteiger partial charge in [-0.25, -0.2) is 0 Å². The molecule has 31 heavy (non-hydrogen) atoms. The number of aromatic nitrogens is 2. The normalized spacial score (nSPS) is 11.1. The number of Topliss-reactive ketones (excluding diaryl/α,β-unsaturated/α-hetero) is 1. The molecule has 0 aliphatic carbocycles. The Bertz CT molecular complexity index is 1400. The number of aromatic amines is 2. The number of hydrogen-bond donors (Lipinski definition) is 2. The number of esters is 1. The molecule has 0 unspecified atom stereocenters. The predicted octanol–water partition coefficient (Wildman–Crippen LogP) is 5.28. The first-order valence-electron chi connectivity index (χ1n) is 10.1. The molecule has 0 aliphatic rings. The van der Waals surface area contributed by atoms with Crippen molar-refractivity contribution in [3.8, 4) is 11.3 Å². The molecule has 2 aromatic heterocycles. The summed E-state index contributed by atoms with van der Waals surface area (Å²) in [7, 11) is 0. The van der Waals surface area contributed by atoms with Crippen molar-refractivity contribution >= 4 is 33.6 Å². The molecule has 0 atom stereocenters. The first-order chi connectivity index (χ1) is 15.2. The molecule has 0 bridgehead atoms. The Morgan fingerprint density at radius 2 is 1.45 bits per heavy atom. The van der Waals surface area contributed by atoms with Gasteiger partial charge in [0.1, 0.15) is 0 Å². The molecule has 0 saturated heterocycles. The molecular formula is C26H20N2O3. The number of fused-ring (bicyclic) bond motifs is 2. The number of carbonyl (C=O) groups excluding carboxylic acids is 2. The number of ether oxygens (including phenoxy) is 1. The van der Waals surface area contributed by atoms with E-state index in [1.165, 1.54) is 0 Å². The van der Waals surface area contributed by atoms with Gasteiger partial charge in [-0.2, -0.15) is 0 Å². The fourth-order valence-electron chi connectivity index (χ4n) is 3.96. The molecule has 152 valence electrons. The molecule has 2 N–H and O–H groups in total. The highest BCUT2D eigenvalue weighted by atomic mass is 16.5. The van der Waals surface area contributed by atoms with Gasteiger partial charge in [-0.1, -0.05) is 66.7 Å². The van der Waals surface area contributed by atoms with Crippen LogP contribution >= 0.6 is 0 Å². The van der Waals surface area contributed by atoms with Gasteiger partial charge in [0.05, 0.1) is 17.7 Å². The lowest BCUT2D eigenvalue weighted by Gasteiger charge is -2.06. The van der Waals surface area contributed by atoms with Crippen LogP contribution in [0.15, 0.2) is 85.1 Å². The lowest BCUT2D eigenvalue weighted by molar-refractivity contribution is -0.141. The van der Waals surface area contributed by atoms with Crippen molar-refractivity contribution in [1.29, 1.82) is 0 Å². The average Bonchev–Trinajstić information content (AvgIpc) is 3.40. The molecule has 0 amide bonds. The van der Waals surface area contributed by atoms with Gasteiger partial charge in [0.2, 0.25) is 5.78 Å². The largest absolute Gasteiger partial charge is 0.457 e. The van der Waals surface area contributed by atoms with Gasteiger partial charge >= 0.3 is 5.97 Å². The van der Waals surface area contributed by atoms with E-state index in [4.69, 9.17) is 4.74 Å². The van der Waals surface area contributed by atoms with Gasteiger partial charge in [-0.05, 0) is 23.3 Å². The molecular weight excluding hydrogens is 388 g/mol. The Hall–Kier alpha value is -4.12. The third kappa shape index (κ3) is 3.62. The lowest BCUT2D eigenvalue weighted by atomic mass is 10.0. The first-order valence-corrected chi connectivity index (χ1v) is 10.1. The number of ketones is 1. The molecule has 3 aromatic carbocycles. The molecule has 2 heterocycles. The minimum Gasteiger partial charge on any atom is -0.457 e. The summed E-state index contributed by atoms with van der Waals surface area (Å²) in [5, 5.41) is 1.80. The molecule has 0 aliphatic heterocycles. The van der Waals surface area contributed by atoms with Crippen LogP contribution in [0.2, 0.25) is 0 Å². The maximum absolute atomic E-state index is 13.1. The van der Waals surface area contributed by atoms with Crippen LogP contribution in [0.1, 0.15) is 15.9 Å². The van der Waals surface area contributed by atoms with Gasteiger partial charge < -0.3 is 14.7 Å². The number of benzene rings is 3. The zero-order valence-corrected chi connectivity index (χ0v) is 16.7. The van der Waals surface area contributed by atoms with Gasteiger partial charge in [0, 0.05) is 28.0 Å². The Balaban J connectivity index is 1.37. The molecule has 5 heteroatoms. The SMILES string of the molecule is O=C(Cc1c[nH]c2ccccc12)OCC(=O)c1c(-c2ccccc2)[nH]c2ccccc12. The Morgan fingerprint density at radius 1 is 0.774 bits per heavy atom. The minimum absolute atomic E-state index is 0.108. The van der Waals surface area contributed by atoms with E-state index in [0.29, 0.717) is 5.56 Å². The van der Waals surface area contributed by atoms with Crippen molar-refractivity contribution in [2.24, 2.45) is 0 Å². The van der Waals surface area contributed by atoms with Crippen molar-refractivity contribution in [3.63, 3.8) is 0 Å². The van der Waals surface area contributed by atoms with E-state index < -0.39 is 5.97 Å². The molecule has 5 nitrogen and oxygen atoms in total. The Labute approximate surface area is 178 Å². The molecule has 5 rings (SSSR count). The second kappa shape index (κ2) is 7.95. The van der Waals surface area contributed by atoms with E-state index in [0.717, 1.165) is 38.6 Å². The first kappa shape index (κ1) is 18.9. The van der Waals surface area contributed by atoms with E-state index in [-0.39, 0.29) is 18.8 Å². The highest BCUT2D eigenvalue weighted by Crippen LogP contribution is 2.30. The standard InChI is InChI=1S/C26H20N2O3/c29-23(16-31-24(30)14-18-15-27-21-12-6-4-10-19(18)21)25-20-11-5-7-13-22(20)28-26(25)17-8-2-1-3-9-17/h1-13,15,27-28H,14,16H2. The molecule has 5 aromatic rings. The molecule has 0 fully saturated rings. The summed E-state index contributed by atoms with van der Waals surface area (Å²) >= 11 is 0. The average molecular weight is 408 g/mol. The number of carbonyl (C=O) groups is 2. The Kier molecular flexibility index (Phi) is 4.84. The summed E-state index contributed by atoms with van der Waals surface area (Å²) in [5.74, 6) is -0.664. The van der Waals surface area contributed by atoms with E-state index in [2.05, 4.69) is 9.97 Å². The van der Waals surface area contributed by atoms with Crippen LogP contribution in [0, 0.1) is 0 Å². The summed E-state index contributed by atoms with van der Waals surface area (Å²) < 4.78 is 5.37. The van der Waals surface area contributed by atoms with E-state index >= 15 is 0 Å². The van der Waals surface area contributed by atoms with Crippen molar-refractivity contribution < 1.29 is 14.3 Å². The van der Waals surface area contributed by atoms with Crippen molar-refractivity contribution in [2.45, 2.75) is 6.42 Å². The van der Waals surface area contributed by atoms with Crippen LogP contribution < -0.4 is 0 Å². The molecule has 0 radical (unpaired) electrons. The van der Waals surface area contributed by atoms with Crippen LogP contribution in [0.25, 0.3) is 33.1 Å².